The number of hydrogen-bond donors (Lipinski definition) is 2. The second-order valence-electron chi connectivity index (χ2n) is 4.56. The summed E-state index contributed by atoms with van der Waals surface area (Å²) in [5.74, 6) is 0. The summed E-state index contributed by atoms with van der Waals surface area (Å²) in [4.78, 5) is 6.34. The number of nitrogens with zero attached hydrogens (tertiary/aromatic N) is 2. The molecule has 0 spiro atoms. The third-order valence-electron chi connectivity index (χ3n) is 3.04. The maximum Gasteiger partial charge on any atom is 0.0955 e. The molecule has 0 fully saturated rings. The first-order valence-corrected chi connectivity index (χ1v) is 6.15. The summed E-state index contributed by atoms with van der Waals surface area (Å²) in [5.41, 5.74) is 8.44. The van der Waals surface area contributed by atoms with Gasteiger partial charge in [-0.1, -0.05) is 0 Å². The molecule has 19 heavy (non-hydrogen) atoms. The summed E-state index contributed by atoms with van der Waals surface area (Å²) in [6, 6.07) is 7.59. The fraction of sp³-hybridized carbons (Fsp3) is 0.357. The lowest BCUT2D eigenvalue weighted by Crippen LogP contribution is -2.32. The smallest absolute Gasteiger partial charge is 0.0955 e. The third-order valence-corrected chi connectivity index (χ3v) is 3.04. The molecule has 1 aromatic heterocycles. The number of fused-ring (bicyclic) bond motifs is 1. The summed E-state index contributed by atoms with van der Waals surface area (Å²) in [6.07, 6.45) is 1.20. The summed E-state index contributed by atoms with van der Waals surface area (Å²) in [5, 5.41) is 10.7. The molecular formula is C14H19N3O2. The van der Waals surface area contributed by atoms with E-state index in [1.807, 2.05) is 36.2 Å². The molecule has 1 atom stereocenters. The lowest BCUT2D eigenvalue weighted by molar-refractivity contribution is 0.0695. The van der Waals surface area contributed by atoms with E-state index in [9.17, 15) is 5.11 Å². The molecule has 0 saturated carbocycles. The van der Waals surface area contributed by atoms with Gasteiger partial charge in [-0.3, -0.25) is 4.98 Å². The summed E-state index contributed by atoms with van der Waals surface area (Å²) >= 11 is 0. The van der Waals surface area contributed by atoms with Crippen molar-refractivity contribution >= 4 is 22.3 Å². The number of pyridine rings is 1. The van der Waals surface area contributed by atoms with E-state index in [-0.39, 0.29) is 0 Å². The van der Waals surface area contributed by atoms with E-state index < -0.39 is 6.10 Å². The summed E-state index contributed by atoms with van der Waals surface area (Å²) in [7, 11) is 3.49. The summed E-state index contributed by atoms with van der Waals surface area (Å²) < 4.78 is 4.93. The summed E-state index contributed by atoms with van der Waals surface area (Å²) in [6.45, 7) is 0.786. The molecule has 3 N–H and O–H groups in total. The molecule has 0 saturated heterocycles. The molecule has 1 unspecified atom stereocenters. The largest absolute Gasteiger partial charge is 0.398 e. The Bertz CT molecular complexity index is 559. The number of nitrogen functional groups attached to an aromatic ring is 1. The molecule has 0 aliphatic carbocycles. The van der Waals surface area contributed by atoms with E-state index in [0.717, 1.165) is 16.6 Å². The van der Waals surface area contributed by atoms with Gasteiger partial charge in [0.2, 0.25) is 0 Å². The number of hydrogen-bond acceptors (Lipinski definition) is 5. The van der Waals surface area contributed by atoms with Gasteiger partial charge < -0.3 is 20.5 Å². The van der Waals surface area contributed by atoms with Crippen molar-refractivity contribution in [1.29, 1.82) is 0 Å². The molecule has 1 aromatic carbocycles. The van der Waals surface area contributed by atoms with Crippen molar-refractivity contribution in [2.45, 2.75) is 6.10 Å². The first-order valence-electron chi connectivity index (χ1n) is 6.15. The van der Waals surface area contributed by atoms with Gasteiger partial charge in [-0.2, -0.15) is 0 Å². The standard InChI is InChI=1S/C14H19N3O2/c1-17(8-10(18)9-19-2)13-6-5-12(15)11-4-3-7-16-14(11)13/h3-7,10,18H,8-9,15H2,1-2H3. The molecule has 2 aromatic rings. The van der Waals surface area contributed by atoms with Crippen LogP contribution in [0.2, 0.25) is 0 Å². The number of methoxy groups -OCH3 is 1. The van der Waals surface area contributed by atoms with E-state index in [2.05, 4.69) is 4.98 Å². The lowest BCUT2D eigenvalue weighted by atomic mass is 10.1. The number of likely N-dealkylation sites (N-methyl/N-ethyl adjacent to an activating group) is 1. The number of anilines is 2. The van der Waals surface area contributed by atoms with Gasteiger partial charge in [0.25, 0.3) is 0 Å². The number of rotatable bonds is 5. The van der Waals surface area contributed by atoms with Gasteiger partial charge in [0.15, 0.2) is 0 Å². The number of benzene rings is 1. The van der Waals surface area contributed by atoms with E-state index in [1.165, 1.54) is 0 Å². The molecule has 102 valence electrons. The minimum Gasteiger partial charge on any atom is -0.398 e. The van der Waals surface area contributed by atoms with E-state index in [4.69, 9.17) is 10.5 Å². The van der Waals surface area contributed by atoms with Crippen molar-refractivity contribution in [3.8, 4) is 0 Å². The van der Waals surface area contributed by atoms with Gasteiger partial charge in [0, 0.05) is 38.0 Å². The fourth-order valence-electron chi connectivity index (χ4n) is 2.15. The maximum atomic E-state index is 9.80. The normalized spacial score (nSPS) is 12.6. The van der Waals surface area contributed by atoms with Crippen LogP contribution in [0.3, 0.4) is 0 Å². The highest BCUT2D eigenvalue weighted by Crippen LogP contribution is 2.28. The highest BCUT2D eigenvalue weighted by Gasteiger charge is 2.12. The quantitative estimate of drug-likeness (QED) is 0.793. The monoisotopic (exact) mass is 261 g/mol. The van der Waals surface area contributed by atoms with Gasteiger partial charge in [-0.05, 0) is 24.3 Å². The predicted molar refractivity (Wildman–Crippen MR) is 77.3 cm³/mol. The van der Waals surface area contributed by atoms with Gasteiger partial charge >= 0.3 is 0 Å². The molecule has 0 aliphatic rings. The van der Waals surface area contributed by atoms with Crippen LogP contribution in [0.4, 0.5) is 11.4 Å². The Morgan fingerprint density at radius 3 is 2.95 bits per heavy atom. The van der Waals surface area contributed by atoms with Crippen molar-refractivity contribution in [3.63, 3.8) is 0 Å². The molecule has 0 bridgehead atoms. The first-order chi connectivity index (χ1) is 9.13. The second-order valence-corrected chi connectivity index (χ2v) is 4.56. The zero-order chi connectivity index (χ0) is 13.8. The Hall–Kier alpha value is -1.85. The molecule has 5 nitrogen and oxygen atoms in total. The molecule has 1 heterocycles. The minimum absolute atomic E-state index is 0.310. The van der Waals surface area contributed by atoms with E-state index >= 15 is 0 Å². The minimum atomic E-state index is -0.536. The number of ether oxygens (including phenoxy) is 1. The number of aliphatic hydroxyl groups is 1. The van der Waals surface area contributed by atoms with E-state index in [0.29, 0.717) is 18.8 Å². The highest BCUT2D eigenvalue weighted by molar-refractivity contribution is 5.98. The van der Waals surface area contributed by atoms with Crippen LogP contribution in [-0.2, 0) is 4.74 Å². The molecule has 0 aliphatic heterocycles. The van der Waals surface area contributed by atoms with Crippen LogP contribution in [0.1, 0.15) is 0 Å². The molecule has 0 amide bonds. The fourth-order valence-corrected chi connectivity index (χ4v) is 2.15. The van der Waals surface area contributed by atoms with Crippen LogP contribution >= 0.6 is 0 Å². The SMILES string of the molecule is COCC(O)CN(C)c1ccc(N)c2cccnc12. The predicted octanol–water partition coefficient (Wildman–Crippen LogP) is 1.26. The Morgan fingerprint density at radius 2 is 2.21 bits per heavy atom. The Labute approximate surface area is 112 Å². The third kappa shape index (κ3) is 2.94. The first kappa shape index (κ1) is 13.6. The van der Waals surface area contributed by atoms with Crippen molar-refractivity contribution < 1.29 is 9.84 Å². The zero-order valence-electron chi connectivity index (χ0n) is 11.2. The maximum absolute atomic E-state index is 9.80. The van der Waals surface area contributed by atoms with Crippen LogP contribution in [0.15, 0.2) is 30.5 Å². The van der Waals surface area contributed by atoms with Crippen molar-refractivity contribution in [3.05, 3.63) is 30.5 Å². The Kier molecular flexibility index (Phi) is 4.19. The average Bonchev–Trinajstić information content (AvgIpc) is 2.39. The van der Waals surface area contributed by atoms with Crippen LogP contribution in [0, 0.1) is 0 Å². The molecule has 0 radical (unpaired) electrons. The molecule has 2 rings (SSSR count). The van der Waals surface area contributed by atoms with Crippen molar-refractivity contribution in [2.75, 3.05) is 37.9 Å². The molecular weight excluding hydrogens is 242 g/mol. The zero-order valence-corrected chi connectivity index (χ0v) is 11.2. The van der Waals surface area contributed by atoms with Gasteiger partial charge in [0.1, 0.15) is 0 Å². The van der Waals surface area contributed by atoms with Gasteiger partial charge in [-0.25, -0.2) is 0 Å². The Morgan fingerprint density at radius 1 is 1.42 bits per heavy atom. The number of nitrogens with two attached hydrogens (primary N) is 1. The van der Waals surface area contributed by atoms with Gasteiger partial charge in [0.05, 0.1) is 23.9 Å². The van der Waals surface area contributed by atoms with Crippen molar-refractivity contribution in [1.82, 2.24) is 4.98 Å². The van der Waals surface area contributed by atoms with Crippen molar-refractivity contribution in [2.24, 2.45) is 0 Å². The molecule has 5 heteroatoms. The number of aliphatic hydroxyl groups excluding tert-OH is 1. The van der Waals surface area contributed by atoms with Crippen LogP contribution < -0.4 is 10.6 Å². The highest BCUT2D eigenvalue weighted by atomic mass is 16.5. The number of aromatic nitrogens is 1. The van der Waals surface area contributed by atoms with Crippen LogP contribution in [0.25, 0.3) is 10.9 Å². The topological polar surface area (TPSA) is 71.6 Å². The van der Waals surface area contributed by atoms with Crippen LogP contribution in [-0.4, -0.2) is 43.5 Å². The lowest BCUT2D eigenvalue weighted by Gasteiger charge is -2.23. The van der Waals surface area contributed by atoms with Crippen LogP contribution in [0.5, 0.6) is 0 Å². The second kappa shape index (κ2) is 5.86. The van der Waals surface area contributed by atoms with Gasteiger partial charge in [-0.15, -0.1) is 0 Å². The average molecular weight is 261 g/mol. The Balaban J connectivity index is 2.32. The van der Waals surface area contributed by atoms with E-state index in [1.54, 1.807) is 13.3 Å².